The van der Waals surface area contributed by atoms with Crippen molar-refractivity contribution < 1.29 is 13.2 Å². The Morgan fingerprint density at radius 1 is 1.00 bits per heavy atom. The molecule has 2 aromatic rings. The van der Waals surface area contributed by atoms with E-state index in [0.717, 1.165) is 5.56 Å². The molecular formula is C18H19ClN2O3S. The smallest absolute Gasteiger partial charge is 0.245 e. The molecule has 1 amide bonds. The van der Waals surface area contributed by atoms with Crippen molar-refractivity contribution in [3.63, 3.8) is 0 Å². The van der Waals surface area contributed by atoms with Crippen LogP contribution in [0.1, 0.15) is 12.5 Å². The number of piperazine rings is 1. The number of hydrogen-bond donors (Lipinski definition) is 0. The molecule has 3 rings (SSSR count). The van der Waals surface area contributed by atoms with Crippen LogP contribution in [-0.2, 0) is 14.8 Å². The normalized spacial score (nSPS) is 19.2. The lowest BCUT2D eigenvalue weighted by Gasteiger charge is -2.38. The van der Waals surface area contributed by atoms with E-state index in [1.807, 2.05) is 6.92 Å². The molecule has 1 saturated heterocycles. The number of rotatable bonds is 3. The average Bonchev–Trinajstić information content (AvgIpc) is 2.58. The van der Waals surface area contributed by atoms with E-state index < -0.39 is 16.1 Å². The van der Waals surface area contributed by atoms with Crippen molar-refractivity contribution in [1.29, 1.82) is 0 Å². The first-order chi connectivity index (χ1) is 11.8. The van der Waals surface area contributed by atoms with Gasteiger partial charge in [-0.15, -0.1) is 0 Å². The summed E-state index contributed by atoms with van der Waals surface area (Å²) < 4.78 is 27.0. The zero-order valence-electron chi connectivity index (χ0n) is 14.0. The van der Waals surface area contributed by atoms with E-state index in [-0.39, 0.29) is 17.3 Å². The van der Waals surface area contributed by atoms with Gasteiger partial charge in [0.1, 0.15) is 6.04 Å². The van der Waals surface area contributed by atoms with Crippen LogP contribution in [0.5, 0.6) is 0 Å². The number of carbonyl (C=O) groups excluding carboxylic acids is 1. The first-order valence-electron chi connectivity index (χ1n) is 7.96. The molecule has 1 aliphatic rings. The summed E-state index contributed by atoms with van der Waals surface area (Å²) in [6.07, 6.45) is 0. The first kappa shape index (κ1) is 17.9. The number of anilines is 1. The average molecular weight is 379 g/mol. The van der Waals surface area contributed by atoms with Crippen LogP contribution >= 0.6 is 11.6 Å². The summed E-state index contributed by atoms with van der Waals surface area (Å²) in [7, 11) is -3.71. The molecule has 0 N–H and O–H groups in total. The lowest BCUT2D eigenvalue weighted by atomic mass is 10.2. The van der Waals surface area contributed by atoms with Crippen LogP contribution in [0.15, 0.2) is 53.4 Å². The highest BCUT2D eigenvalue weighted by molar-refractivity contribution is 7.89. The SMILES string of the molecule is Cc1ccc(S(=O)(=O)N2CCN(c3ccc(Cl)cc3)C(=O)[C@H]2C)cc1. The van der Waals surface area contributed by atoms with Gasteiger partial charge in [-0.1, -0.05) is 29.3 Å². The largest absolute Gasteiger partial charge is 0.310 e. The van der Waals surface area contributed by atoms with Gasteiger partial charge < -0.3 is 4.90 Å². The Bertz CT molecular complexity index is 880. The van der Waals surface area contributed by atoms with Crippen molar-refractivity contribution in [2.75, 3.05) is 18.0 Å². The van der Waals surface area contributed by atoms with Crippen LogP contribution in [-0.4, -0.2) is 37.8 Å². The summed E-state index contributed by atoms with van der Waals surface area (Å²) in [5, 5.41) is 0.588. The summed E-state index contributed by atoms with van der Waals surface area (Å²) in [4.78, 5) is 14.5. The molecule has 0 aliphatic carbocycles. The maximum absolute atomic E-state index is 12.9. The summed E-state index contributed by atoms with van der Waals surface area (Å²) >= 11 is 5.89. The third-order valence-corrected chi connectivity index (χ3v) is 6.60. The lowest BCUT2D eigenvalue weighted by molar-refractivity contribution is -0.123. The van der Waals surface area contributed by atoms with Crippen molar-refractivity contribution in [1.82, 2.24) is 4.31 Å². The predicted octanol–water partition coefficient (Wildman–Crippen LogP) is 3.07. The fourth-order valence-corrected chi connectivity index (χ4v) is 4.61. The van der Waals surface area contributed by atoms with Gasteiger partial charge in [0.15, 0.2) is 0 Å². The van der Waals surface area contributed by atoms with Crippen LogP contribution in [0.25, 0.3) is 0 Å². The second-order valence-corrected chi connectivity index (χ2v) is 8.40. The lowest BCUT2D eigenvalue weighted by Crippen LogP contribution is -2.57. The Morgan fingerprint density at radius 3 is 2.20 bits per heavy atom. The van der Waals surface area contributed by atoms with Crippen molar-refractivity contribution in [3.05, 3.63) is 59.1 Å². The molecule has 0 saturated carbocycles. The van der Waals surface area contributed by atoms with Crippen molar-refractivity contribution >= 4 is 33.2 Å². The number of halogens is 1. The van der Waals surface area contributed by atoms with E-state index in [1.54, 1.807) is 60.4 Å². The molecule has 0 aromatic heterocycles. The Balaban J connectivity index is 1.86. The standard InChI is InChI=1S/C18H19ClN2O3S/c1-13-3-9-17(10-4-13)25(23,24)21-12-11-20(18(22)14(21)2)16-7-5-15(19)6-8-16/h3-10,14H,11-12H2,1-2H3/t14-/m1/s1. The zero-order valence-corrected chi connectivity index (χ0v) is 15.6. The molecular weight excluding hydrogens is 360 g/mol. The number of hydrogen-bond acceptors (Lipinski definition) is 3. The van der Waals surface area contributed by atoms with Crippen LogP contribution in [0.4, 0.5) is 5.69 Å². The minimum Gasteiger partial charge on any atom is -0.310 e. The topological polar surface area (TPSA) is 57.7 Å². The fraction of sp³-hybridized carbons (Fsp3) is 0.278. The van der Waals surface area contributed by atoms with E-state index in [2.05, 4.69) is 0 Å². The zero-order chi connectivity index (χ0) is 18.2. The number of benzene rings is 2. The Hall–Kier alpha value is -1.89. The molecule has 0 unspecified atom stereocenters. The molecule has 5 nitrogen and oxygen atoms in total. The van der Waals surface area contributed by atoms with E-state index in [1.165, 1.54) is 4.31 Å². The summed E-state index contributed by atoms with van der Waals surface area (Å²) in [5.41, 5.74) is 1.70. The van der Waals surface area contributed by atoms with Gasteiger partial charge in [-0.2, -0.15) is 4.31 Å². The van der Waals surface area contributed by atoms with Gasteiger partial charge in [-0.3, -0.25) is 4.79 Å². The van der Waals surface area contributed by atoms with Crippen LogP contribution in [0.3, 0.4) is 0 Å². The molecule has 1 aliphatic heterocycles. The van der Waals surface area contributed by atoms with Crippen LogP contribution < -0.4 is 4.90 Å². The van der Waals surface area contributed by atoms with Gasteiger partial charge >= 0.3 is 0 Å². The summed E-state index contributed by atoms with van der Waals surface area (Å²) in [6.45, 7) is 4.06. The van der Waals surface area contributed by atoms with E-state index in [9.17, 15) is 13.2 Å². The Kier molecular flexibility index (Phi) is 4.86. The predicted molar refractivity (Wildman–Crippen MR) is 98.3 cm³/mol. The molecule has 7 heteroatoms. The fourth-order valence-electron chi connectivity index (χ4n) is 2.90. The van der Waals surface area contributed by atoms with Gasteiger partial charge in [-0.05, 0) is 50.2 Å². The number of amides is 1. The number of aryl methyl sites for hydroxylation is 1. The molecule has 0 radical (unpaired) electrons. The number of carbonyl (C=O) groups is 1. The third-order valence-electron chi connectivity index (χ3n) is 4.37. The van der Waals surface area contributed by atoms with Crippen molar-refractivity contribution in [3.8, 4) is 0 Å². The minimum absolute atomic E-state index is 0.206. The highest BCUT2D eigenvalue weighted by atomic mass is 35.5. The quantitative estimate of drug-likeness (QED) is 0.824. The number of nitrogens with zero attached hydrogens (tertiary/aromatic N) is 2. The highest BCUT2D eigenvalue weighted by Gasteiger charge is 2.39. The molecule has 0 spiro atoms. The monoisotopic (exact) mass is 378 g/mol. The molecule has 1 heterocycles. The van der Waals surface area contributed by atoms with Crippen molar-refractivity contribution in [2.45, 2.75) is 24.8 Å². The molecule has 0 bridgehead atoms. The second-order valence-electron chi connectivity index (χ2n) is 6.07. The first-order valence-corrected chi connectivity index (χ1v) is 9.78. The van der Waals surface area contributed by atoms with E-state index in [0.29, 0.717) is 17.3 Å². The second kappa shape index (κ2) is 6.78. The maximum atomic E-state index is 12.9. The van der Waals surface area contributed by atoms with Gasteiger partial charge in [0.25, 0.3) is 0 Å². The van der Waals surface area contributed by atoms with E-state index in [4.69, 9.17) is 11.6 Å². The minimum atomic E-state index is -3.71. The summed E-state index contributed by atoms with van der Waals surface area (Å²) in [6, 6.07) is 12.8. The van der Waals surface area contributed by atoms with Gasteiger partial charge in [-0.25, -0.2) is 8.42 Å². The maximum Gasteiger partial charge on any atom is 0.245 e. The highest BCUT2D eigenvalue weighted by Crippen LogP contribution is 2.26. The van der Waals surface area contributed by atoms with Crippen LogP contribution in [0.2, 0.25) is 5.02 Å². The van der Waals surface area contributed by atoms with Crippen LogP contribution in [0, 0.1) is 6.92 Å². The Labute approximate surface area is 152 Å². The number of sulfonamides is 1. The molecule has 25 heavy (non-hydrogen) atoms. The van der Waals surface area contributed by atoms with E-state index >= 15 is 0 Å². The molecule has 132 valence electrons. The third kappa shape index (κ3) is 3.42. The summed E-state index contributed by atoms with van der Waals surface area (Å²) in [5.74, 6) is -0.246. The Morgan fingerprint density at radius 2 is 1.60 bits per heavy atom. The molecule has 2 aromatic carbocycles. The molecule has 1 fully saturated rings. The van der Waals surface area contributed by atoms with Gasteiger partial charge in [0.2, 0.25) is 15.9 Å². The van der Waals surface area contributed by atoms with Gasteiger partial charge in [0, 0.05) is 23.8 Å². The molecule has 1 atom stereocenters. The van der Waals surface area contributed by atoms with Gasteiger partial charge in [0.05, 0.1) is 4.90 Å². The van der Waals surface area contributed by atoms with Crippen molar-refractivity contribution in [2.24, 2.45) is 0 Å².